The summed E-state index contributed by atoms with van der Waals surface area (Å²) in [5.41, 5.74) is 2.31. The summed E-state index contributed by atoms with van der Waals surface area (Å²) in [6.07, 6.45) is -1.62. The van der Waals surface area contributed by atoms with Crippen LogP contribution in [-0.2, 0) is 27.0 Å². The van der Waals surface area contributed by atoms with E-state index in [1.165, 1.54) is 54.5 Å². The van der Waals surface area contributed by atoms with E-state index in [4.69, 9.17) is 0 Å². The van der Waals surface area contributed by atoms with Crippen LogP contribution >= 0.6 is 0 Å². The summed E-state index contributed by atoms with van der Waals surface area (Å²) in [6.45, 7) is 0. The zero-order valence-corrected chi connectivity index (χ0v) is 20.5. The fraction of sp³-hybridized carbons (Fsp3) is 0.148. The molecule has 12 heteroatoms. The van der Waals surface area contributed by atoms with Gasteiger partial charge in [-0.25, -0.2) is 15.1 Å². The van der Waals surface area contributed by atoms with Crippen LogP contribution < -0.4 is 10.8 Å². The molecule has 2 heterocycles. The number of hydroxylamine groups is 1. The Hall–Kier alpha value is -4.84. The number of hydrogen-bond donors (Lipinski definition) is 2. The molecule has 1 atom stereocenters. The van der Waals surface area contributed by atoms with Crippen molar-refractivity contribution in [3.8, 4) is 17.1 Å². The largest absolute Gasteiger partial charge is 0.416 e. The molecule has 0 aliphatic rings. The molecule has 9 nitrogen and oxygen atoms in total. The van der Waals surface area contributed by atoms with Crippen LogP contribution in [0.2, 0.25) is 0 Å². The van der Waals surface area contributed by atoms with Crippen molar-refractivity contribution in [2.75, 3.05) is 7.11 Å². The fourth-order valence-corrected chi connectivity index (χ4v) is 3.80. The molecule has 2 amide bonds. The Morgan fingerprint density at radius 3 is 2.49 bits per heavy atom. The van der Waals surface area contributed by atoms with Gasteiger partial charge >= 0.3 is 12.1 Å². The second-order valence-electron chi connectivity index (χ2n) is 8.31. The molecule has 0 spiro atoms. The average molecular weight is 537 g/mol. The maximum absolute atomic E-state index is 13.3. The summed E-state index contributed by atoms with van der Waals surface area (Å²) in [5, 5.41) is 6.89. The lowest BCUT2D eigenvalue weighted by molar-refractivity contribution is -0.145. The van der Waals surface area contributed by atoms with Gasteiger partial charge in [-0.3, -0.25) is 19.2 Å². The Morgan fingerprint density at radius 1 is 1.00 bits per heavy atom. The number of amides is 2. The smallest absolute Gasteiger partial charge is 0.341 e. The first-order valence-corrected chi connectivity index (χ1v) is 11.6. The van der Waals surface area contributed by atoms with Gasteiger partial charge in [-0.15, -0.1) is 0 Å². The van der Waals surface area contributed by atoms with Crippen LogP contribution in [0.5, 0.6) is 0 Å². The first-order valence-electron chi connectivity index (χ1n) is 11.6. The number of ketones is 1. The van der Waals surface area contributed by atoms with Crippen molar-refractivity contribution in [1.29, 1.82) is 0 Å². The number of alkyl halides is 3. The highest BCUT2D eigenvalue weighted by atomic mass is 19.4. The molecule has 0 radical (unpaired) electrons. The van der Waals surface area contributed by atoms with Crippen molar-refractivity contribution in [2.45, 2.75) is 18.6 Å². The van der Waals surface area contributed by atoms with E-state index >= 15 is 0 Å². The normalized spacial score (nSPS) is 12.0. The number of rotatable bonds is 9. The predicted molar refractivity (Wildman–Crippen MR) is 133 cm³/mol. The van der Waals surface area contributed by atoms with E-state index in [-0.39, 0.29) is 29.1 Å². The lowest BCUT2D eigenvalue weighted by atomic mass is 10.0. The summed E-state index contributed by atoms with van der Waals surface area (Å²) in [4.78, 5) is 47.0. The van der Waals surface area contributed by atoms with Gasteiger partial charge < -0.3 is 5.32 Å². The summed E-state index contributed by atoms with van der Waals surface area (Å²) in [7, 11) is 1.18. The Balaban J connectivity index is 1.62. The topological polar surface area (TPSA) is 115 Å². The number of carbonyl (C=O) groups is 3. The molecule has 39 heavy (non-hydrogen) atoms. The molecule has 2 N–H and O–H groups in total. The van der Waals surface area contributed by atoms with Crippen LogP contribution in [0.15, 0.2) is 85.2 Å². The minimum absolute atomic E-state index is 0.0224. The third-order valence-electron chi connectivity index (χ3n) is 5.65. The lowest BCUT2D eigenvalue weighted by Gasteiger charge is -2.18. The number of halogens is 3. The van der Waals surface area contributed by atoms with Crippen LogP contribution in [0.1, 0.15) is 21.5 Å². The monoisotopic (exact) mass is 537 g/mol. The van der Waals surface area contributed by atoms with Crippen LogP contribution in [-0.4, -0.2) is 45.5 Å². The Labute approximate surface area is 220 Å². The van der Waals surface area contributed by atoms with Crippen molar-refractivity contribution in [3.63, 3.8) is 0 Å². The number of benzene rings is 2. The van der Waals surface area contributed by atoms with Gasteiger partial charge in [0, 0.05) is 24.4 Å². The Bertz CT molecular complexity index is 1490. The molecule has 0 fully saturated rings. The first-order chi connectivity index (χ1) is 18.7. The minimum atomic E-state index is -4.52. The molecule has 0 saturated carbocycles. The van der Waals surface area contributed by atoms with Crippen molar-refractivity contribution in [3.05, 3.63) is 102 Å². The second-order valence-corrected chi connectivity index (χ2v) is 8.31. The van der Waals surface area contributed by atoms with Gasteiger partial charge in [0.05, 0.1) is 23.9 Å². The summed E-state index contributed by atoms with van der Waals surface area (Å²) < 4.78 is 40.7. The number of pyridine rings is 1. The van der Waals surface area contributed by atoms with Crippen molar-refractivity contribution < 1.29 is 32.4 Å². The highest BCUT2D eigenvalue weighted by molar-refractivity contribution is 6.38. The number of nitrogens with one attached hydrogen (secondary N) is 2. The van der Waals surface area contributed by atoms with Crippen LogP contribution in [0.4, 0.5) is 13.2 Å². The zero-order chi connectivity index (χ0) is 28.0. The summed E-state index contributed by atoms with van der Waals surface area (Å²) >= 11 is 0. The van der Waals surface area contributed by atoms with Gasteiger partial charge in [-0.2, -0.15) is 18.3 Å². The molecule has 0 bridgehead atoms. The number of carbonyl (C=O) groups excluding carboxylic acids is 3. The SMILES string of the molecule is CONC(=O)C(=O)[C@@H](Cc1ccccc1)NC(=O)c1cccnc1-n1ccc(-c2cccc(C(F)(F)F)c2)n1. The van der Waals surface area contributed by atoms with Gasteiger partial charge in [-0.1, -0.05) is 42.5 Å². The molecule has 200 valence electrons. The molecule has 0 unspecified atom stereocenters. The molecule has 0 aliphatic carbocycles. The van der Waals surface area contributed by atoms with E-state index < -0.39 is 35.4 Å². The Kier molecular flexibility index (Phi) is 8.15. The van der Waals surface area contributed by atoms with E-state index in [0.29, 0.717) is 5.56 Å². The van der Waals surface area contributed by atoms with Gasteiger partial charge in [-0.05, 0) is 35.9 Å². The van der Waals surface area contributed by atoms with Gasteiger partial charge in [0.15, 0.2) is 5.82 Å². The Morgan fingerprint density at radius 2 is 1.77 bits per heavy atom. The highest BCUT2D eigenvalue weighted by Gasteiger charge is 2.31. The van der Waals surface area contributed by atoms with Gasteiger partial charge in [0.25, 0.3) is 5.91 Å². The van der Waals surface area contributed by atoms with Crippen molar-refractivity contribution in [2.24, 2.45) is 0 Å². The van der Waals surface area contributed by atoms with Crippen LogP contribution in [0, 0.1) is 0 Å². The number of hydrogen-bond acceptors (Lipinski definition) is 6. The van der Waals surface area contributed by atoms with E-state index in [1.807, 2.05) is 5.48 Å². The van der Waals surface area contributed by atoms with E-state index in [2.05, 4.69) is 20.2 Å². The maximum Gasteiger partial charge on any atom is 0.416 e. The minimum Gasteiger partial charge on any atom is -0.341 e. The van der Waals surface area contributed by atoms with E-state index in [9.17, 15) is 27.6 Å². The van der Waals surface area contributed by atoms with E-state index in [0.717, 1.165) is 12.1 Å². The zero-order valence-electron chi connectivity index (χ0n) is 20.5. The fourth-order valence-electron chi connectivity index (χ4n) is 3.80. The number of aromatic nitrogens is 3. The predicted octanol–water partition coefficient (Wildman–Crippen LogP) is 3.54. The highest BCUT2D eigenvalue weighted by Crippen LogP contribution is 2.32. The molecule has 4 aromatic rings. The van der Waals surface area contributed by atoms with Crippen LogP contribution in [0.3, 0.4) is 0 Å². The van der Waals surface area contributed by atoms with Crippen LogP contribution in [0.25, 0.3) is 17.1 Å². The maximum atomic E-state index is 13.3. The molecule has 2 aromatic heterocycles. The van der Waals surface area contributed by atoms with Gasteiger partial charge in [0.2, 0.25) is 5.78 Å². The number of Topliss-reactive ketones (excluding diaryl/α,β-unsaturated/α-hetero) is 1. The molecule has 2 aromatic carbocycles. The quantitative estimate of drug-likeness (QED) is 0.249. The molecular weight excluding hydrogens is 515 g/mol. The first kappa shape index (κ1) is 27.2. The van der Waals surface area contributed by atoms with Crippen molar-refractivity contribution >= 4 is 17.6 Å². The molecule has 4 rings (SSSR count). The third kappa shape index (κ3) is 6.54. The third-order valence-corrected chi connectivity index (χ3v) is 5.65. The average Bonchev–Trinajstić information content (AvgIpc) is 3.43. The lowest BCUT2D eigenvalue weighted by Crippen LogP contribution is -2.48. The summed E-state index contributed by atoms with van der Waals surface area (Å²) in [6, 6.07) is 16.7. The standard InChI is InChI=1S/C27H22F3N5O4/c1-39-34-26(38)23(36)22(15-17-7-3-2-4-8-17)32-25(37)20-11-6-13-31-24(20)35-14-12-21(33-35)18-9-5-10-19(16-18)27(28,29)30/h2-14,16,22H,15H2,1H3,(H,32,37)(H,34,38)/t22-/m1/s1. The molecule has 0 saturated heterocycles. The van der Waals surface area contributed by atoms with E-state index in [1.54, 1.807) is 30.3 Å². The molecule has 0 aliphatic heterocycles. The summed E-state index contributed by atoms with van der Waals surface area (Å²) in [5.74, 6) is -2.61. The second kappa shape index (κ2) is 11.7. The molecular formula is C27H22F3N5O4. The van der Waals surface area contributed by atoms with Crippen molar-refractivity contribution in [1.82, 2.24) is 25.6 Å². The number of nitrogens with zero attached hydrogens (tertiary/aromatic N) is 3. The van der Waals surface area contributed by atoms with Gasteiger partial charge in [0.1, 0.15) is 6.04 Å².